The summed E-state index contributed by atoms with van der Waals surface area (Å²) >= 11 is 0. The van der Waals surface area contributed by atoms with Gasteiger partial charge in [-0.3, -0.25) is 0 Å². The SMILES string of the molecule is CNC(COC)Cc1nc(-c2cncn2C)no1. The van der Waals surface area contributed by atoms with Gasteiger partial charge in [-0.25, -0.2) is 4.98 Å². The zero-order chi connectivity index (χ0) is 13.0. The normalized spacial score (nSPS) is 12.8. The maximum atomic E-state index is 5.22. The lowest BCUT2D eigenvalue weighted by Gasteiger charge is -2.11. The second-order valence-corrected chi connectivity index (χ2v) is 4.05. The standard InChI is InChI=1S/C11H17N5O2/c1-12-8(6-17-3)4-10-14-11(15-18-10)9-5-13-7-16(9)2/h5,7-8,12H,4,6H2,1-3H3. The van der Waals surface area contributed by atoms with Crippen LogP contribution in [0.1, 0.15) is 5.89 Å². The topological polar surface area (TPSA) is 78.0 Å². The summed E-state index contributed by atoms with van der Waals surface area (Å²) in [6, 6.07) is 0.162. The van der Waals surface area contributed by atoms with Crippen molar-refractivity contribution in [1.29, 1.82) is 0 Å². The van der Waals surface area contributed by atoms with Crippen LogP contribution < -0.4 is 5.32 Å². The highest BCUT2D eigenvalue weighted by atomic mass is 16.5. The molecule has 1 atom stereocenters. The number of methoxy groups -OCH3 is 1. The van der Waals surface area contributed by atoms with E-state index in [9.17, 15) is 0 Å². The van der Waals surface area contributed by atoms with Gasteiger partial charge in [0.2, 0.25) is 11.7 Å². The molecule has 0 saturated carbocycles. The number of likely N-dealkylation sites (N-methyl/N-ethyl adjacent to an activating group) is 1. The van der Waals surface area contributed by atoms with Crippen molar-refractivity contribution in [3.63, 3.8) is 0 Å². The molecule has 0 radical (unpaired) electrons. The molecule has 98 valence electrons. The molecule has 18 heavy (non-hydrogen) atoms. The lowest BCUT2D eigenvalue weighted by atomic mass is 10.2. The van der Waals surface area contributed by atoms with E-state index in [-0.39, 0.29) is 6.04 Å². The highest BCUT2D eigenvalue weighted by molar-refractivity contribution is 5.46. The van der Waals surface area contributed by atoms with Gasteiger partial charge in [0.1, 0.15) is 5.69 Å². The molecule has 2 rings (SSSR count). The third-order valence-corrected chi connectivity index (χ3v) is 2.71. The maximum Gasteiger partial charge on any atom is 0.228 e. The third kappa shape index (κ3) is 2.74. The van der Waals surface area contributed by atoms with Crippen LogP contribution >= 0.6 is 0 Å². The van der Waals surface area contributed by atoms with Crippen molar-refractivity contribution < 1.29 is 9.26 Å². The predicted octanol–water partition coefficient (Wildman–Crippen LogP) is 0.247. The van der Waals surface area contributed by atoms with Gasteiger partial charge in [-0.1, -0.05) is 5.16 Å². The summed E-state index contributed by atoms with van der Waals surface area (Å²) in [7, 11) is 5.43. The number of hydrogen-bond donors (Lipinski definition) is 1. The molecule has 0 aliphatic heterocycles. The van der Waals surface area contributed by atoms with E-state index in [4.69, 9.17) is 9.26 Å². The number of nitrogens with one attached hydrogen (secondary N) is 1. The quantitative estimate of drug-likeness (QED) is 0.792. The van der Waals surface area contributed by atoms with Gasteiger partial charge in [-0.2, -0.15) is 4.98 Å². The summed E-state index contributed by atoms with van der Waals surface area (Å²) in [5.74, 6) is 1.14. The Morgan fingerprint density at radius 3 is 3.00 bits per heavy atom. The molecule has 0 saturated heterocycles. The van der Waals surface area contributed by atoms with E-state index in [0.29, 0.717) is 24.7 Å². The van der Waals surface area contributed by atoms with Gasteiger partial charge < -0.3 is 19.1 Å². The molecule has 0 aliphatic rings. The molecular formula is C11H17N5O2. The van der Waals surface area contributed by atoms with E-state index in [2.05, 4.69) is 20.4 Å². The Kier molecular flexibility index (Phi) is 4.06. The maximum absolute atomic E-state index is 5.22. The van der Waals surface area contributed by atoms with Gasteiger partial charge in [-0.05, 0) is 7.05 Å². The molecule has 0 fully saturated rings. The molecule has 1 unspecified atom stereocenters. The first-order valence-corrected chi connectivity index (χ1v) is 5.70. The Hall–Kier alpha value is -1.73. The van der Waals surface area contributed by atoms with E-state index >= 15 is 0 Å². The third-order valence-electron chi connectivity index (χ3n) is 2.71. The summed E-state index contributed by atoms with van der Waals surface area (Å²) in [5, 5.41) is 7.09. The fraction of sp³-hybridized carbons (Fsp3) is 0.545. The average Bonchev–Trinajstić information content (AvgIpc) is 2.97. The van der Waals surface area contributed by atoms with E-state index in [1.54, 1.807) is 19.6 Å². The molecule has 0 aromatic carbocycles. The van der Waals surface area contributed by atoms with Crippen molar-refractivity contribution >= 4 is 0 Å². The van der Waals surface area contributed by atoms with Crippen molar-refractivity contribution in [3.05, 3.63) is 18.4 Å². The van der Waals surface area contributed by atoms with E-state index in [1.807, 2.05) is 18.7 Å². The number of nitrogens with zero attached hydrogens (tertiary/aromatic N) is 4. The number of rotatable bonds is 6. The second kappa shape index (κ2) is 5.74. The van der Waals surface area contributed by atoms with Gasteiger partial charge in [0.25, 0.3) is 0 Å². The zero-order valence-electron chi connectivity index (χ0n) is 10.8. The summed E-state index contributed by atoms with van der Waals surface area (Å²) < 4.78 is 12.2. The van der Waals surface area contributed by atoms with Crippen LogP contribution in [0.15, 0.2) is 17.0 Å². The molecule has 0 amide bonds. The second-order valence-electron chi connectivity index (χ2n) is 4.05. The Morgan fingerprint density at radius 1 is 1.56 bits per heavy atom. The lowest BCUT2D eigenvalue weighted by molar-refractivity contribution is 0.165. The molecule has 0 spiro atoms. The fourth-order valence-electron chi connectivity index (χ4n) is 1.67. The molecular weight excluding hydrogens is 234 g/mol. The van der Waals surface area contributed by atoms with E-state index in [0.717, 1.165) is 5.69 Å². The zero-order valence-corrected chi connectivity index (χ0v) is 10.8. The number of ether oxygens (including phenoxy) is 1. The van der Waals surface area contributed by atoms with Crippen molar-refractivity contribution in [3.8, 4) is 11.5 Å². The Bertz CT molecular complexity index is 493. The van der Waals surface area contributed by atoms with E-state index < -0.39 is 0 Å². The van der Waals surface area contributed by atoms with Gasteiger partial charge in [0.15, 0.2) is 0 Å². The van der Waals surface area contributed by atoms with E-state index in [1.165, 1.54) is 0 Å². The number of imidazole rings is 1. The Labute approximate surface area is 105 Å². The van der Waals surface area contributed by atoms with Gasteiger partial charge >= 0.3 is 0 Å². The molecule has 7 heteroatoms. The van der Waals surface area contributed by atoms with Crippen LogP contribution in [0, 0.1) is 0 Å². The van der Waals surface area contributed by atoms with Crippen molar-refractivity contribution in [1.82, 2.24) is 25.0 Å². The van der Waals surface area contributed by atoms with Crippen LogP contribution in [0.2, 0.25) is 0 Å². The van der Waals surface area contributed by atoms with Crippen LogP contribution in [0.5, 0.6) is 0 Å². The molecule has 2 aromatic heterocycles. The first kappa shape index (κ1) is 12.7. The largest absolute Gasteiger partial charge is 0.383 e. The van der Waals surface area contributed by atoms with Crippen molar-refractivity contribution in [2.24, 2.45) is 7.05 Å². The summed E-state index contributed by atoms with van der Waals surface area (Å²) in [6.45, 7) is 0.597. The monoisotopic (exact) mass is 251 g/mol. The lowest BCUT2D eigenvalue weighted by Crippen LogP contribution is -2.32. The molecule has 1 N–H and O–H groups in total. The smallest absolute Gasteiger partial charge is 0.228 e. The van der Waals surface area contributed by atoms with Crippen LogP contribution in [0.4, 0.5) is 0 Å². The van der Waals surface area contributed by atoms with Gasteiger partial charge in [-0.15, -0.1) is 0 Å². The molecule has 2 aromatic rings. The molecule has 7 nitrogen and oxygen atoms in total. The minimum atomic E-state index is 0.162. The fourth-order valence-corrected chi connectivity index (χ4v) is 1.67. The Balaban J connectivity index is 2.09. The Morgan fingerprint density at radius 2 is 2.39 bits per heavy atom. The van der Waals surface area contributed by atoms with Crippen LogP contribution in [-0.4, -0.2) is 46.5 Å². The van der Waals surface area contributed by atoms with Crippen LogP contribution in [-0.2, 0) is 18.2 Å². The van der Waals surface area contributed by atoms with Crippen molar-refractivity contribution in [2.45, 2.75) is 12.5 Å². The first-order chi connectivity index (χ1) is 8.74. The summed E-state index contributed by atoms with van der Waals surface area (Å²) in [5.41, 5.74) is 0.831. The number of hydrogen-bond acceptors (Lipinski definition) is 6. The average molecular weight is 251 g/mol. The summed E-state index contributed by atoms with van der Waals surface area (Å²) in [4.78, 5) is 8.37. The summed E-state index contributed by atoms with van der Waals surface area (Å²) in [6.07, 6.45) is 4.04. The van der Waals surface area contributed by atoms with Gasteiger partial charge in [0, 0.05) is 26.6 Å². The molecule has 0 bridgehead atoms. The number of aromatic nitrogens is 4. The minimum absolute atomic E-state index is 0.162. The van der Waals surface area contributed by atoms with Gasteiger partial charge in [0.05, 0.1) is 19.1 Å². The minimum Gasteiger partial charge on any atom is -0.383 e. The molecule has 2 heterocycles. The predicted molar refractivity (Wildman–Crippen MR) is 64.9 cm³/mol. The highest BCUT2D eigenvalue weighted by Gasteiger charge is 2.15. The first-order valence-electron chi connectivity index (χ1n) is 5.70. The highest BCUT2D eigenvalue weighted by Crippen LogP contribution is 2.14. The number of aryl methyl sites for hydroxylation is 1. The molecule has 0 aliphatic carbocycles. The van der Waals surface area contributed by atoms with Crippen LogP contribution in [0.3, 0.4) is 0 Å². The van der Waals surface area contributed by atoms with Crippen molar-refractivity contribution in [2.75, 3.05) is 20.8 Å². The van der Waals surface area contributed by atoms with Crippen LogP contribution in [0.25, 0.3) is 11.5 Å².